The molecule has 4 nitrogen and oxygen atoms in total. The Morgan fingerprint density at radius 3 is 2.65 bits per heavy atom. The molecule has 2 rings (SSSR count). The number of aliphatic hydroxyl groups is 1. The van der Waals surface area contributed by atoms with Crippen LogP contribution in [0.2, 0.25) is 0 Å². The molecule has 0 bridgehead atoms. The van der Waals surface area contributed by atoms with Crippen LogP contribution in [0.25, 0.3) is 0 Å². The van der Waals surface area contributed by atoms with Crippen molar-refractivity contribution in [3.8, 4) is 5.88 Å². The van der Waals surface area contributed by atoms with Gasteiger partial charge >= 0.3 is 0 Å². The minimum absolute atomic E-state index is 0.145. The second-order valence-corrected chi connectivity index (χ2v) is 3.37. The number of benzene rings is 1. The number of aliphatic hydroxyl groups excluding tert-OH is 1. The standard InChI is InChI=1S/C12H11FN2O2/c1-17-12-10(14-6-7-15-12)11(16)8-4-2-3-5-9(8)13/h2-7,11,16H,1H3. The Balaban J connectivity index is 2.44. The van der Waals surface area contributed by atoms with E-state index < -0.39 is 11.9 Å². The van der Waals surface area contributed by atoms with Crippen LogP contribution in [0.5, 0.6) is 5.88 Å². The fourth-order valence-corrected chi connectivity index (χ4v) is 1.52. The van der Waals surface area contributed by atoms with Crippen molar-refractivity contribution in [2.45, 2.75) is 6.10 Å². The van der Waals surface area contributed by atoms with Crippen molar-refractivity contribution in [3.05, 3.63) is 53.7 Å². The Hall–Kier alpha value is -2.01. The third-order valence-electron chi connectivity index (χ3n) is 2.34. The summed E-state index contributed by atoms with van der Waals surface area (Å²) >= 11 is 0. The Labute approximate surface area is 97.7 Å². The average molecular weight is 234 g/mol. The number of hydrogen-bond donors (Lipinski definition) is 1. The first-order valence-electron chi connectivity index (χ1n) is 5.01. The topological polar surface area (TPSA) is 55.2 Å². The van der Waals surface area contributed by atoms with E-state index in [9.17, 15) is 9.50 Å². The van der Waals surface area contributed by atoms with Gasteiger partial charge in [0.15, 0.2) is 0 Å². The fraction of sp³-hybridized carbons (Fsp3) is 0.167. The number of aromatic nitrogens is 2. The number of rotatable bonds is 3. The van der Waals surface area contributed by atoms with E-state index in [2.05, 4.69) is 9.97 Å². The molecular formula is C12H11FN2O2. The molecule has 0 aliphatic rings. The lowest BCUT2D eigenvalue weighted by Crippen LogP contribution is -2.07. The molecule has 1 N–H and O–H groups in total. The van der Waals surface area contributed by atoms with Crippen LogP contribution >= 0.6 is 0 Å². The van der Waals surface area contributed by atoms with Crippen LogP contribution in [0.1, 0.15) is 17.4 Å². The lowest BCUT2D eigenvalue weighted by atomic mass is 10.1. The molecule has 0 radical (unpaired) electrons. The van der Waals surface area contributed by atoms with Crippen LogP contribution in [-0.2, 0) is 0 Å². The van der Waals surface area contributed by atoms with Crippen LogP contribution in [0.4, 0.5) is 4.39 Å². The molecule has 0 fully saturated rings. The van der Waals surface area contributed by atoms with Crippen LogP contribution in [-0.4, -0.2) is 22.2 Å². The monoisotopic (exact) mass is 234 g/mol. The summed E-state index contributed by atoms with van der Waals surface area (Å²) in [4.78, 5) is 7.87. The smallest absolute Gasteiger partial charge is 0.238 e. The molecule has 2 aromatic rings. The summed E-state index contributed by atoms with van der Waals surface area (Å²) in [5, 5.41) is 10.1. The molecular weight excluding hydrogens is 223 g/mol. The van der Waals surface area contributed by atoms with Gasteiger partial charge in [0.05, 0.1) is 7.11 Å². The first-order chi connectivity index (χ1) is 8.24. The van der Waals surface area contributed by atoms with E-state index in [4.69, 9.17) is 4.74 Å². The molecule has 0 saturated heterocycles. The van der Waals surface area contributed by atoms with Gasteiger partial charge in [-0.1, -0.05) is 18.2 Å². The minimum Gasteiger partial charge on any atom is -0.480 e. The van der Waals surface area contributed by atoms with Crippen molar-refractivity contribution < 1.29 is 14.2 Å². The van der Waals surface area contributed by atoms with Gasteiger partial charge in [-0.3, -0.25) is 4.98 Å². The number of hydrogen-bond acceptors (Lipinski definition) is 4. The predicted molar refractivity (Wildman–Crippen MR) is 59.0 cm³/mol. The SMILES string of the molecule is COc1nccnc1C(O)c1ccccc1F. The summed E-state index contributed by atoms with van der Waals surface area (Å²) in [6.45, 7) is 0. The van der Waals surface area contributed by atoms with Gasteiger partial charge in [-0.25, -0.2) is 9.37 Å². The van der Waals surface area contributed by atoms with Crippen molar-refractivity contribution in [2.24, 2.45) is 0 Å². The van der Waals surface area contributed by atoms with Gasteiger partial charge in [-0.15, -0.1) is 0 Å². The number of methoxy groups -OCH3 is 1. The maximum atomic E-state index is 13.5. The Morgan fingerprint density at radius 2 is 1.94 bits per heavy atom. The molecule has 0 aliphatic heterocycles. The van der Waals surface area contributed by atoms with E-state index in [0.717, 1.165) is 0 Å². The third kappa shape index (κ3) is 2.24. The van der Waals surface area contributed by atoms with E-state index in [1.54, 1.807) is 12.1 Å². The molecule has 1 aromatic heterocycles. The summed E-state index contributed by atoms with van der Waals surface area (Å²) in [5.74, 6) is -0.309. The number of ether oxygens (including phenoxy) is 1. The zero-order valence-corrected chi connectivity index (χ0v) is 9.17. The fourth-order valence-electron chi connectivity index (χ4n) is 1.52. The van der Waals surface area contributed by atoms with E-state index in [1.807, 2.05) is 0 Å². The van der Waals surface area contributed by atoms with Crippen molar-refractivity contribution in [1.29, 1.82) is 0 Å². The van der Waals surface area contributed by atoms with Gasteiger partial charge in [-0.2, -0.15) is 0 Å². The summed E-state index contributed by atoms with van der Waals surface area (Å²) in [6, 6.07) is 5.97. The van der Waals surface area contributed by atoms with E-state index in [0.29, 0.717) is 0 Å². The second-order valence-electron chi connectivity index (χ2n) is 3.37. The van der Waals surface area contributed by atoms with Gasteiger partial charge in [-0.05, 0) is 6.07 Å². The molecule has 1 unspecified atom stereocenters. The molecule has 17 heavy (non-hydrogen) atoms. The van der Waals surface area contributed by atoms with Crippen LogP contribution < -0.4 is 4.74 Å². The molecule has 0 aliphatic carbocycles. The Morgan fingerprint density at radius 1 is 1.24 bits per heavy atom. The first kappa shape index (κ1) is 11.5. The van der Waals surface area contributed by atoms with Gasteiger partial charge in [0, 0.05) is 18.0 Å². The van der Waals surface area contributed by atoms with Crippen molar-refractivity contribution in [3.63, 3.8) is 0 Å². The average Bonchev–Trinajstić information content (AvgIpc) is 2.38. The largest absolute Gasteiger partial charge is 0.480 e. The molecule has 0 amide bonds. The van der Waals surface area contributed by atoms with Gasteiger partial charge in [0.25, 0.3) is 0 Å². The number of nitrogens with zero attached hydrogens (tertiary/aromatic N) is 2. The summed E-state index contributed by atoms with van der Waals surface area (Å²) in [5.41, 5.74) is 0.339. The third-order valence-corrected chi connectivity index (χ3v) is 2.34. The highest BCUT2D eigenvalue weighted by Gasteiger charge is 2.20. The Kier molecular flexibility index (Phi) is 3.30. The minimum atomic E-state index is -1.19. The highest BCUT2D eigenvalue weighted by Crippen LogP contribution is 2.27. The van der Waals surface area contributed by atoms with Gasteiger partial charge in [0.1, 0.15) is 17.6 Å². The maximum absolute atomic E-state index is 13.5. The molecule has 1 heterocycles. The highest BCUT2D eigenvalue weighted by atomic mass is 19.1. The number of halogens is 1. The molecule has 1 atom stereocenters. The summed E-state index contributed by atoms with van der Waals surface area (Å²) in [7, 11) is 1.42. The van der Waals surface area contributed by atoms with Crippen molar-refractivity contribution >= 4 is 0 Å². The molecule has 5 heteroatoms. The summed E-state index contributed by atoms with van der Waals surface area (Å²) in [6.07, 6.45) is 1.66. The van der Waals surface area contributed by atoms with E-state index in [1.165, 1.54) is 31.6 Å². The molecule has 1 aromatic carbocycles. The van der Waals surface area contributed by atoms with Crippen molar-refractivity contribution in [2.75, 3.05) is 7.11 Å². The van der Waals surface area contributed by atoms with Crippen LogP contribution in [0.3, 0.4) is 0 Å². The summed E-state index contributed by atoms with van der Waals surface area (Å²) < 4.78 is 18.5. The van der Waals surface area contributed by atoms with Gasteiger partial charge < -0.3 is 9.84 Å². The Bertz CT molecular complexity index is 519. The molecule has 0 spiro atoms. The molecule has 0 saturated carbocycles. The first-order valence-corrected chi connectivity index (χ1v) is 5.01. The van der Waals surface area contributed by atoms with Crippen LogP contribution in [0.15, 0.2) is 36.7 Å². The quantitative estimate of drug-likeness (QED) is 0.878. The van der Waals surface area contributed by atoms with E-state index >= 15 is 0 Å². The zero-order valence-electron chi connectivity index (χ0n) is 9.17. The lowest BCUT2D eigenvalue weighted by Gasteiger charge is -2.13. The lowest BCUT2D eigenvalue weighted by molar-refractivity contribution is 0.202. The highest BCUT2D eigenvalue weighted by molar-refractivity contribution is 5.31. The maximum Gasteiger partial charge on any atom is 0.238 e. The molecule has 88 valence electrons. The van der Waals surface area contributed by atoms with Crippen LogP contribution in [0, 0.1) is 5.82 Å². The van der Waals surface area contributed by atoms with E-state index in [-0.39, 0.29) is 17.1 Å². The second kappa shape index (κ2) is 4.88. The predicted octanol–water partition coefficient (Wildman–Crippen LogP) is 1.71. The van der Waals surface area contributed by atoms with Gasteiger partial charge in [0.2, 0.25) is 5.88 Å². The van der Waals surface area contributed by atoms with Crippen molar-refractivity contribution in [1.82, 2.24) is 9.97 Å². The normalized spacial score (nSPS) is 12.2. The zero-order chi connectivity index (χ0) is 12.3.